The van der Waals surface area contributed by atoms with E-state index in [4.69, 9.17) is 5.26 Å². The van der Waals surface area contributed by atoms with E-state index in [-0.39, 0.29) is 5.91 Å². The minimum Gasteiger partial charge on any atom is -0.388 e. The molecule has 84 valence electrons. The van der Waals surface area contributed by atoms with Crippen molar-refractivity contribution in [1.29, 1.82) is 5.26 Å². The molecule has 4 nitrogen and oxygen atoms in total. The topological polar surface area (TPSA) is 64.3 Å². The Kier molecular flexibility index (Phi) is 4.43. The van der Waals surface area contributed by atoms with Gasteiger partial charge in [-0.3, -0.25) is 4.79 Å². The summed E-state index contributed by atoms with van der Waals surface area (Å²) < 4.78 is 0. The lowest BCUT2D eigenvalue weighted by atomic mass is 9.95. The summed E-state index contributed by atoms with van der Waals surface area (Å²) in [5, 5.41) is 18.1. The van der Waals surface area contributed by atoms with Gasteiger partial charge in [0.1, 0.15) is 0 Å². The lowest BCUT2D eigenvalue weighted by molar-refractivity contribution is -0.134. The number of hydrogen-bond acceptors (Lipinski definition) is 4. The van der Waals surface area contributed by atoms with Crippen LogP contribution in [0.25, 0.3) is 0 Å². The van der Waals surface area contributed by atoms with Gasteiger partial charge in [-0.2, -0.15) is 5.26 Å². The maximum atomic E-state index is 11.6. The van der Waals surface area contributed by atoms with Gasteiger partial charge in [0.15, 0.2) is 0 Å². The van der Waals surface area contributed by atoms with Gasteiger partial charge in [0.2, 0.25) is 5.91 Å². The molecule has 1 N–H and O–H groups in total. The fourth-order valence-electron chi connectivity index (χ4n) is 1.71. The monoisotopic (exact) mass is 228 g/mol. The summed E-state index contributed by atoms with van der Waals surface area (Å²) in [6.45, 7) is 2.90. The highest BCUT2D eigenvalue weighted by molar-refractivity contribution is 8.00. The van der Waals surface area contributed by atoms with Gasteiger partial charge in [-0.25, -0.2) is 0 Å². The largest absolute Gasteiger partial charge is 0.388 e. The van der Waals surface area contributed by atoms with E-state index >= 15 is 0 Å². The Balaban J connectivity index is 2.36. The zero-order valence-electron chi connectivity index (χ0n) is 8.90. The molecule has 0 aromatic carbocycles. The van der Waals surface area contributed by atoms with Crippen molar-refractivity contribution in [3.8, 4) is 6.07 Å². The highest BCUT2D eigenvalue weighted by Gasteiger charge is 2.30. The van der Waals surface area contributed by atoms with Gasteiger partial charge in [0.25, 0.3) is 0 Å². The molecule has 0 aliphatic carbocycles. The zero-order chi connectivity index (χ0) is 11.3. The molecule has 0 aromatic rings. The van der Waals surface area contributed by atoms with Crippen molar-refractivity contribution < 1.29 is 9.90 Å². The van der Waals surface area contributed by atoms with E-state index in [1.165, 1.54) is 11.8 Å². The van der Waals surface area contributed by atoms with E-state index in [2.05, 4.69) is 0 Å². The van der Waals surface area contributed by atoms with Gasteiger partial charge in [-0.1, -0.05) is 0 Å². The molecule has 1 atom stereocenters. The van der Waals surface area contributed by atoms with E-state index < -0.39 is 5.60 Å². The number of aliphatic hydroxyl groups is 1. The van der Waals surface area contributed by atoms with E-state index in [1.54, 1.807) is 11.8 Å². The number of piperidine rings is 1. The first kappa shape index (κ1) is 12.3. The normalized spacial score (nSPS) is 26.1. The minimum absolute atomic E-state index is 0.0234. The quantitative estimate of drug-likeness (QED) is 0.719. The number of amides is 1. The molecule has 0 aromatic heterocycles. The molecule has 5 heteroatoms. The zero-order valence-corrected chi connectivity index (χ0v) is 9.72. The molecule has 0 bridgehead atoms. The minimum atomic E-state index is -0.742. The van der Waals surface area contributed by atoms with Crippen LogP contribution in [-0.2, 0) is 4.79 Å². The van der Waals surface area contributed by atoms with E-state index in [1.807, 2.05) is 6.07 Å². The van der Waals surface area contributed by atoms with Crippen LogP contribution in [0.1, 0.15) is 19.8 Å². The second-order valence-corrected chi connectivity index (χ2v) is 5.05. The smallest absolute Gasteiger partial charge is 0.232 e. The first-order chi connectivity index (χ1) is 7.05. The third-order valence-electron chi connectivity index (χ3n) is 2.42. The van der Waals surface area contributed by atoms with Crippen LogP contribution in [0.5, 0.6) is 0 Å². The number of nitrogens with zero attached hydrogens (tertiary/aromatic N) is 2. The van der Waals surface area contributed by atoms with Gasteiger partial charge in [-0.05, 0) is 19.8 Å². The lowest BCUT2D eigenvalue weighted by Gasteiger charge is -2.36. The molecule has 1 aliphatic rings. The van der Waals surface area contributed by atoms with Crippen molar-refractivity contribution in [3.05, 3.63) is 0 Å². The maximum Gasteiger partial charge on any atom is 0.232 e. The van der Waals surface area contributed by atoms with Crippen molar-refractivity contribution in [3.63, 3.8) is 0 Å². The van der Waals surface area contributed by atoms with Gasteiger partial charge >= 0.3 is 0 Å². The van der Waals surface area contributed by atoms with Crippen LogP contribution in [0.3, 0.4) is 0 Å². The number of hydrogen-bond donors (Lipinski definition) is 1. The molecule has 1 unspecified atom stereocenters. The third kappa shape index (κ3) is 4.10. The Bertz CT molecular complexity index is 273. The Morgan fingerprint density at radius 1 is 1.73 bits per heavy atom. The highest BCUT2D eigenvalue weighted by Crippen LogP contribution is 2.20. The molecule has 15 heavy (non-hydrogen) atoms. The Hall–Kier alpha value is -0.730. The number of carbonyl (C=O) groups is 1. The van der Waals surface area contributed by atoms with Gasteiger partial charge in [-0.15, -0.1) is 11.8 Å². The average molecular weight is 228 g/mol. The SMILES string of the molecule is CC1(O)CCCN(C(=O)CSCC#N)C1. The maximum absolute atomic E-state index is 11.6. The second kappa shape index (κ2) is 5.38. The van der Waals surface area contributed by atoms with Gasteiger partial charge in [0, 0.05) is 13.1 Å². The first-order valence-corrected chi connectivity index (χ1v) is 6.15. The summed E-state index contributed by atoms with van der Waals surface area (Å²) in [5.41, 5.74) is -0.742. The van der Waals surface area contributed by atoms with Crippen LogP contribution >= 0.6 is 11.8 Å². The molecule has 1 rings (SSSR count). The number of likely N-dealkylation sites (tertiary alicyclic amines) is 1. The molecule has 0 spiro atoms. The van der Waals surface area contributed by atoms with Gasteiger partial charge in [0.05, 0.1) is 23.2 Å². The molecule has 1 saturated heterocycles. The number of nitriles is 1. The van der Waals surface area contributed by atoms with E-state index in [0.29, 0.717) is 18.1 Å². The summed E-state index contributed by atoms with van der Waals surface area (Å²) in [6.07, 6.45) is 1.60. The van der Waals surface area contributed by atoms with Crippen LogP contribution in [0.4, 0.5) is 0 Å². The summed E-state index contributed by atoms with van der Waals surface area (Å²) in [5.74, 6) is 0.704. The predicted molar refractivity (Wildman–Crippen MR) is 59.4 cm³/mol. The summed E-state index contributed by atoms with van der Waals surface area (Å²) in [4.78, 5) is 13.3. The molecule has 0 radical (unpaired) electrons. The molecule has 1 heterocycles. The second-order valence-electron chi connectivity index (χ2n) is 4.07. The Morgan fingerprint density at radius 2 is 2.47 bits per heavy atom. The highest BCUT2D eigenvalue weighted by atomic mass is 32.2. The first-order valence-electron chi connectivity index (χ1n) is 5.00. The van der Waals surface area contributed by atoms with Crippen molar-refractivity contribution in [2.24, 2.45) is 0 Å². The van der Waals surface area contributed by atoms with E-state index in [9.17, 15) is 9.90 Å². The summed E-state index contributed by atoms with van der Waals surface area (Å²) >= 11 is 1.32. The number of rotatable bonds is 3. The third-order valence-corrected chi connectivity index (χ3v) is 3.20. The van der Waals surface area contributed by atoms with Crippen LogP contribution in [0.2, 0.25) is 0 Å². The number of thioether (sulfide) groups is 1. The fourth-order valence-corrected chi connectivity index (χ4v) is 2.26. The van der Waals surface area contributed by atoms with Crippen molar-refractivity contribution >= 4 is 17.7 Å². The van der Waals surface area contributed by atoms with Crippen LogP contribution < -0.4 is 0 Å². The molecule has 0 saturated carbocycles. The molecular weight excluding hydrogens is 212 g/mol. The fraction of sp³-hybridized carbons (Fsp3) is 0.800. The predicted octanol–water partition coefficient (Wildman–Crippen LogP) is 0.617. The molecular formula is C10H16N2O2S. The summed E-state index contributed by atoms with van der Waals surface area (Å²) in [7, 11) is 0. The van der Waals surface area contributed by atoms with Crippen LogP contribution in [0, 0.1) is 11.3 Å². The molecule has 1 aliphatic heterocycles. The molecule has 1 amide bonds. The van der Waals surface area contributed by atoms with Crippen LogP contribution in [-0.4, -0.2) is 46.1 Å². The van der Waals surface area contributed by atoms with Crippen molar-refractivity contribution in [2.75, 3.05) is 24.6 Å². The summed E-state index contributed by atoms with van der Waals surface area (Å²) in [6, 6.07) is 1.99. The molecule has 1 fully saturated rings. The Labute approximate surface area is 94.2 Å². The standard InChI is InChI=1S/C10H16N2O2S/c1-10(14)3-2-5-12(8-10)9(13)7-15-6-4-11/h14H,2-3,5-8H2,1H3. The average Bonchev–Trinajstić information content (AvgIpc) is 2.16. The number of carbonyl (C=O) groups excluding carboxylic acids is 1. The lowest BCUT2D eigenvalue weighted by Crippen LogP contribution is -2.49. The number of β-amino-alcohol motifs (C(OH)–C–C–N with tert-alkyl or cyclic N) is 1. The van der Waals surface area contributed by atoms with Crippen molar-refractivity contribution in [2.45, 2.75) is 25.4 Å². The van der Waals surface area contributed by atoms with Crippen molar-refractivity contribution in [1.82, 2.24) is 4.90 Å². The van der Waals surface area contributed by atoms with Crippen LogP contribution in [0.15, 0.2) is 0 Å². The Morgan fingerprint density at radius 3 is 3.07 bits per heavy atom. The van der Waals surface area contributed by atoms with E-state index in [0.717, 1.165) is 19.4 Å². The van der Waals surface area contributed by atoms with Gasteiger partial charge < -0.3 is 10.0 Å².